The van der Waals surface area contributed by atoms with E-state index in [1.807, 2.05) is 78.9 Å². The summed E-state index contributed by atoms with van der Waals surface area (Å²) >= 11 is 6.30. The third-order valence-corrected chi connectivity index (χ3v) is 18.2. The van der Waals surface area contributed by atoms with E-state index in [-0.39, 0.29) is 34.4 Å². The molecule has 3 saturated carbocycles. The van der Waals surface area contributed by atoms with E-state index in [4.69, 9.17) is 11.6 Å². The molecular weight excluding hydrogens is 1070 g/mol. The maximum Gasteiger partial charge on any atom is 0.325 e. The monoisotopic (exact) mass is 1140 g/mol. The number of aromatic amines is 6. The van der Waals surface area contributed by atoms with E-state index in [9.17, 15) is 28.8 Å². The van der Waals surface area contributed by atoms with Crippen LogP contribution in [-0.2, 0) is 25.7 Å². The second kappa shape index (κ2) is 28.3. The molecule has 0 atom stereocenters. The number of H-pyrrole nitrogens is 6. The van der Waals surface area contributed by atoms with Gasteiger partial charge in [-0.2, -0.15) is 0 Å². The largest absolute Gasteiger partial charge is 0.325 e. The highest BCUT2D eigenvalue weighted by atomic mass is 35.5. The molecule has 3 fully saturated rings. The summed E-state index contributed by atoms with van der Waals surface area (Å²) in [4.78, 5) is 89.9. The third-order valence-electron chi connectivity index (χ3n) is 17.9. The SMILES string of the molecule is CCc1ccccc1Cc1c(C2CCC(c3ccccc3)CC2)[nH]c(=O)[nH]c1=O.O=c1[nH]c(C2CCC(c3ccccc3)CC2)c(Cc2ccccc2)c(=O)[nH]1.O=c1[nH]c(C2CCC(c3ccccc3)CC2)c(Cc2ccccc2Cl)c(=O)[nH]1. The van der Waals surface area contributed by atoms with Gasteiger partial charge in [0.05, 0.1) is 0 Å². The first-order chi connectivity index (χ1) is 41.0. The van der Waals surface area contributed by atoms with Crippen molar-refractivity contribution >= 4 is 11.6 Å². The van der Waals surface area contributed by atoms with E-state index >= 15 is 0 Å². The minimum atomic E-state index is -0.437. The molecular formula is C71H75ClN6O6. The Bertz CT molecular complexity index is 3960. The van der Waals surface area contributed by atoms with Crippen LogP contribution >= 0.6 is 11.6 Å². The molecule has 0 amide bonds. The highest BCUT2D eigenvalue weighted by Gasteiger charge is 2.30. The van der Waals surface area contributed by atoms with Crippen LogP contribution in [0.5, 0.6) is 0 Å². The van der Waals surface area contributed by atoms with Gasteiger partial charge in [0.1, 0.15) is 0 Å². The van der Waals surface area contributed by atoms with Gasteiger partial charge in [0.2, 0.25) is 0 Å². The van der Waals surface area contributed by atoms with E-state index in [0.717, 1.165) is 117 Å². The average molecular weight is 1140 g/mol. The van der Waals surface area contributed by atoms with Crippen molar-refractivity contribution in [2.45, 2.75) is 145 Å². The van der Waals surface area contributed by atoms with Gasteiger partial charge in [0.15, 0.2) is 0 Å². The average Bonchev–Trinajstić information content (AvgIpc) is 3.65. The molecule has 0 radical (unpaired) electrons. The Labute approximate surface area is 494 Å². The molecule has 13 heteroatoms. The minimum Gasteiger partial charge on any atom is -0.311 e. The molecule has 0 aliphatic heterocycles. The van der Waals surface area contributed by atoms with Crippen molar-refractivity contribution in [3.8, 4) is 0 Å². The standard InChI is InChI=1S/C25H28N2O2.C23H23ClN2O2.C23H24N2O2/c1-2-17-8-6-7-11-21(17)16-22-23(26-25(29)27-24(22)28)20-14-12-19(13-15-20)18-9-4-3-5-10-18;24-20-9-5-4-8-18(20)14-19-21(25-23(28)26-22(19)27)17-12-10-16(11-13-17)15-6-2-1-3-7-15;26-22-20(15-16-7-3-1-4-8-16)21(24-23(27)25-22)19-13-11-18(12-14-19)17-9-5-2-6-10-17/h3-11,19-20H,2,12-16H2,1H3,(H2,26,27,28,29);1-9,16-17H,10-14H2,(H2,25,26,27,28);1-10,18-19H,11-15H2,(H2,24,25,26,27). The quantitative estimate of drug-likeness (QED) is 0.0664. The van der Waals surface area contributed by atoms with Crippen LogP contribution in [0.25, 0.3) is 0 Å². The van der Waals surface area contributed by atoms with E-state index < -0.39 is 17.1 Å². The zero-order valence-corrected chi connectivity index (χ0v) is 48.5. The van der Waals surface area contributed by atoms with Crippen LogP contribution in [0.3, 0.4) is 0 Å². The molecule has 12 nitrogen and oxygen atoms in total. The molecule has 0 spiro atoms. The maximum absolute atomic E-state index is 12.7. The lowest BCUT2D eigenvalue weighted by atomic mass is 9.76. The van der Waals surface area contributed by atoms with Crippen molar-refractivity contribution < 1.29 is 0 Å². The third kappa shape index (κ3) is 14.9. The summed E-state index contributed by atoms with van der Waals surface area (Å²) in [5, 5.41) is 0.631. The van der Waals surface area contributed by atoms with E-state index in [0.29, 0.717) is 58.7 Å². The Balaban J connectivity index is 0.000000140. The number of rotatable bonds is 13. The normalized spacial score (nSPS) is 19.5. The van der Waals surface area contributed by atoms with Crippen molar-refractivity contribution in [2.24, 2.45) is 0 Å². The predicted molar refractivity (Wildman–Crippen MR) is 336 cm³/mol. The summed E-state index contributed by atoms with van der Waals surface area (Å²) in [6, 6.07) is 57.5. The number of halogens is 1. The van der Waals surface area contributed by atoms with Crippen LogP contribution in [-0.4, -0.2) is 29.9 Å². The molecule has 432 valence electrons. The lowest BCUT2D eigenvalue weighted by Crippen LogP contribution is -2.30. The first-order valence-corrected chi connectivity index (χ1v) is 30.4. The Morgan fingerprint density at radius 1 is 0.321 bits per heavy atom. The molecule has 9 aromatic rings. The molecule has 0 unspecified atom stereocenters. The van der Waals surface area contributed by atoms with Crippen molar-refractivity contribution in [1.29, 1.82) is 0 Å². The van der Waals surface area contributed by atoms with Gasteiger partial charge < -0.3 is 15.0 Å². The predicted octanol–water partition coefficient (Wildman–Crippen LogP) is 13.5. The van der Waals surface area contributed by atoms with Crippen LogP contribution in [0.2, 0.25) is 5.02 Å². The lowest BCUT2D eigenvalue weighted by molar-refractivity contribution is 0.388. The second-order valence-corrected chi connectivity index (χ2v) is 23.4. The van der Waals surface area contributed by atoms with E-state index in [1.54, 1.807) is 0 Å². The molecule has 3 heterocycles. The highest BCUT2D eigenvalue weighted by molar-refractivity contribution is 6.31. The Hall–Kier alpha value is -8.35. The first-order valence-electron chi connectivity index (χ1n) is 30.0. The number of hydrogen-bond acceptors (Lipinski definition) is 6. The summed E-state index contributed by atoms with van der Waals surface area (Å²) in [6.07, 6.45) is 14.7. The van der Waals surface area contributed by atoms with Crippen LogP contribution in [0.1, 0.15) is 192 Å². The van der Waals surface area contributed by atoms with Crippen molar-refractivity contribution in [3.05, 3.63) is 310 Å². The summed E-state index contributed by atoms with van der Waals surface area (Å²) in [7, 11) is 0. The fourth-order valence-electron chi connectivity index (χ4n) is 13.4. The fraction of sp³-hybridized carbons (Fsp3) is 0.324. The molecule has 3 aromatic heterocycles. The summed E-state index contributed by atoms with van der Waals surface area (Å²) in [5.41, 5.74) is 10.9. The van der Waals surface area contributed by atoms with Crippen LogP contribution in [0, 0.1) is 0 Å². The van der Waals surface area contributed by atoms with E-state index in [2.05, 4.69) is 128 Å². The molecule has 0 saturated heterocycles. The zero-order valence-electron chi connectivity index (χ0n) is 47.8. The van der Waals surface area contributed by atoms with Crippen LogP contribution in [0.4, 0.5) is 0 Å². The molecule has 6 N–H and O–H groups in total. The van der Waals surface area contributed by atoms with Gasteiger partial charge in [-0.1, -0.05) is 182 Å². The zero-order chi connectivity index (χ0) is 58.4. The van der Waals surface area contributed by atoms with Crippen LogP contribution in [0.15, 0.2) is 199 Å². The Morgan fingerprint density at radius 3 is 0.964 bits per heavy atom. The van der Waals surface area contributed by atoms with Gasteiger partial charge in [0.25, 0.3) is 16.7 Å². The lowest BCUT2D eigenvalue weighted by Gasteiger charge is -2.29. The van der Waals surface area contributed by atoms with Gasteiger partial charge in [-0.05, 0) is 164 Å². The number of nitrogens with one attached hydrogen (secondary N) is 6. The molecule has 84 heavy (non-hydrogen) atoms. The summed E-state index contributed by atoms with van der Waals surface area (Å²) in [6.45, 7) is 2.13. The number of hydrogen-bond donors (Lipinski definition) is 6. The van der Waals surface area contributed by atoms with Crippen molar-refractivity contribution in [3.63, 3.8) is 0 Å². The maximum atomic E-state index is 12.7. The Kier molecular flexibility index (Phi) is 19.8. The van der Waals surface area contributed by atoms with E-state index in [1.165, 1.54) is 22.3 Å². The molecule has 6 aromatic carbocycles. The van der Waals surface area contributed by atoms with Gasteiger partial charge in [-0.15, -0.1) is 0 Å². The van der Waals surface area contributed by atoms with Crippen molar-refractivity contribution in [1.82, 2.24) is 29.9 Å². The first kappa shape index (κ1) is 58.8. The van der Waals surface area contributed by atoms with Crippen molar-refractivity contribution in [2.75, 3.05) is 0 Å². The number of aromatic nitrogens is 6. The summed E-state index contributed by atoms with van der Waals surface area (Å²) in [5.74, 6) is 2.32. The molecule has 3 aliphatic carbocycles. The summed E-state index contributed by atoms with van der Waals surface area (Å²) < 4.78 is 0. The molecule has 12 rings (SSSR count). The fourth-order valence-corrected chi connectivity index (χ4v) is 13.6. The minimum absolute atomic E-state index is 0.187. The molecule has 0 bridgehead atoms. The highest BCUT2D eigenvalue weighted by Crippen LogP contribution is 2.43. The Morgan fingerprint density at radius 2 is 0.607 bits per heavy atom. The molecule has 3 aliphatic rings. The van der Waals surface area contributed by atoms with Crippen LogP contribution < -0.4 is 33.7 Å². The number of benzene rings is 6. The second-order valence-electron chi connectivity index (χ2n) is 23.0. The smallest absolute Gasteiger partial charge is 0.311 e. The van der Waals surface area contributed by atoms with Gasteiger partial charge in [0, 0.05) is 58.1 Å². The topological polar surface area (TPSA) is 197 Å². The van der Waals surface area contributed by atoms with Gasteiger partial charge >= 0.3 is 17.1 Å². The number of aryl methyl sites for hydroxylation is 1. The van der Waals surface area contributed by atoms with Gasteiger partial charge in [-0.3, -0.25) is 29.3 Å². The van der Waals surface area contributed by atoms with Gasteiger partial charge in [-0.25, -0.2) is 14.4 Å².